The van der Waals surface area contributed by atoms with Crippen molar-refractivity contribution < 1.29 is 0 Å². The van der Waals surface area contributed by atoms with Crippen molar-refractivity contribution in [3.8, 4) is 11.4 Å². The van der Waals surface area contributed by atoms with Gasteiger partial charge in [-0.1, -0.05) is 6.07 Å². The van der Waals surface area contributed by atoms with E-state index in [1.54, 1.807) is 6.20 Å². The number of pyridine rings is 2. The minimum Gasteiger partial charge on any atom is -0.354 e. The van der Waals surface area contributed by atoms with Gasteiger partial charge in [-0.05, 0) is 18.2 Å². The molecule has 0 aliphatic carbocycles. The first kappa shape index (κ1) is 12.3. The summed E-state index contributed by atoms with van der Waals surface area (Å²) in [4.78, 5) is 11.3. The molecule has 106 valence electrons. The molecule has 1 aliphatic rings. The molecule has 6 nitrogen and oxygen atoms in total. The van der Waals surface area contributed by atoms with E-state index in [-0.39, 0.29) is 0 Å². The highest BCUT2D eigenvalue weighted by Crippen LogP contribution is 2.25. The summed E-state index contributed by atoms with van der Waals surface area (Å²) in [7, 11) is 0. The highest BCUT2D eigenvalue weighted by molar-refractivity contribution is 5.91. The van der Waals surface area contributed by atoms with Gasteiger partial charge in [-0.25, -0.2) is 4.98 Å². The summed E-state index contributed by atoms with van der Waals surface area (Å²) >= 11 is 0. The maximum atomic E-state index is 4.78. The first-order valence-corrected chi connectivity index (χ1v) is 7.13. The molecule has 0 saturated carbocycles. The molecule has 0 radical (unpaired) electrons. The molecule has 4 rings (SSSR count). The molecular weight excluding hydrogens is 264 g/mol. The summed E-state index contributed by atoms with van der Waals surface area (Å²) < 4.78 is 0. The van der Waals surface area contributed by atoms with Crippen LogP contribution in [0.25, 0.3) is 22.3 Å². The van der Waals surface area contributed by atoms with Crippen LogP contribution in [0.2, 0.25) is 0 Å². The molecule has 1 fully saturated rings. The lowest BCUT2D eigenvalue weighted by Gasteiger charge is -2.28. The molecule has 1 saturated heterocycles. The summed E-state index contributed by atoms with van der Waals surface area (Å²) in [5, 5.41) is 11.8. The van der Waals surface area contributed by atoms with Gasteiger partial charge in [-0.3, -0.25) is 10.1 Å². The number of nitrogens with one attached hydrogen (secondary N) is 2. The van der Waals surface area contributed by atoms with E-state index in [9.17, 15) is 0 Å². The van der Waals surface area contributed by atoms with E-state index < -0.39 is 0 Å². The Labute approximate surface area is 122 Å². The Kier molecular flexibility index (Phi) is 3.01. The van der Waals surface area contributed by atoms with Crippen LogP contribution in [0, 0.1) is 0 Å². The summed E-state index contributed by atoms with van der Waals surface area (Å²) in [5.41, 5.74) is 2.72. The Hall–Kier alpha value is -2.47. The van der Waals surface area contributed by atoms with Crippen molar-refractivity contribution in [1.29, 1.82) is 0 Å². The molecule has 4 heterocycles. The van der Waals surface area contributed by atoms with E-state index in [4.69, 9.17) is 4.98 Å². The summed E-state index contributed by atoms with van der Waals surface area (Å²) in [5.74, 6) is 1.01. The van der Waals surface area contributed by atoms with E-state index in [1.165, 1.54) is 0 Å². The van der Waals surface area contributed by atoms with Crippen LogP contribution in [-0.2, 0) is 0 Å². The number of rotatable bonds is 2. The minimum absolute atomic E-state index is 0.857. The Morgan fingerprint density at radius 2 is 2.00 bits per heavy atom. The molecule has 3 aromatic heterocycles. The lowest BCUT2D eigenvalue weighted by molar-refractivity contribution is 0.585. The number of hydrogen-bond acceptors (Lipinski definition) is 5. The SMILES string of the molecule is c1cc(-c2n[nH]c3ccncc23)nc(N2CCNCC2)c1. The van der Waals surface area contributed by atoms with Crippen LogP contribution in [0.5, 0.6) is 0 Å². The van der Waals surface area contributed by atoms with Gasteiger partial charge < -0.3 is 10.2 Å². The van der Waals surface area contributed by atoms with Gasteiger partial charge >= 0.3 is 0 Å². The molecule has 2 N–H and O–H groups in total. The van der Waals surface area contributed by atoms with Gasteiger partial charge in [0.15, 0.2) is 0 Å². The molecule has 0 spiro atoms. The minimum atomic E-state index is 0.857. The molecule has 0 amide bonds. The number of anilines is 1. The molecule has 0 unspecified atom stereocenters. The van der Waals surface area contributed by atoms with Crippen molar-refractivity contribution in [2.24, 2.45) is 0 Å². The third-order valence-corrected chi connectivity index (χ3v) is 3.78. The van der Waals surface area contributed by atoms with E-state index in [1.807, 2.05) is 24.4 Å². The topological polar surface area (TPSA) is 69.7 Å². The third-order valence-electron chi connectivity index (χ3n) is 3.78. The number of aromatic amines is 1. The second kappa shape index (κ2) is 5.14. The summed E-state index contributed by atoms with van der Waals surface area (Å²) in [6.45, 7) is 3.97. The van der Waals surface area contributed by atoms with Crippen LogP contribution >= 0.6 is 0 Å². The lowest BCUT2D eigenvalue weighted by Crippen LogP contribution is -2.43. The first-order valence-electron chi connectivity index (χ1n) is 7.13. The van der Waals surface area contributed by atoms with Crippen LogP contribution in [-0.4, -0.2) is 46.3 Å². The molecule has 6 heteroatoms. The Morgan fingerprint density at radius 3 is 2.90 bits per heavy atom. The third kappa shape index (κ3) is 2.23. The fourth-order valence-electron chi connectivity index (χ4n) is 2.68. The quantitative estimate of drug-likeness (QED) is 0.743. The van der Waals surface area contributed by atoms with Crippen molar-refractivity contribution in [2.45, 2.75) is 0 Å². The number of aromatic nitrogens is 4. The molecule has 3 aromatic rings. The largest absolute Gasteiger partial charge is 0.354 e. The summed E-state index contributed by atoms with van der Waals surface area (Å²) in [6.07, 6.45) is 3.59. The molecular formula is C15H16N6. The first-order chi connectivity index (χ1) is 10.4. The zero-order valence-corrected chi connectivity index (χ0v) is 11.6. The fraction of sp³-hybridized carbons (Fsp3) is 0.267. The fourth-order valence-corrected chi connectivity index (χ4v) is 2.68. The average Bonchev–Trinajstić information content (AvgIpc) is 3.00. The molecule has 0 aromatic carbocycles. The molecule has 0 atom stereocenters. The van der Waals surface area contributed by atoms with Gasteiger partial charge in [-0.15, -0.1) is 0 Å². The number of fused-ring (bicyclic) bond motifs is 1. The average molecular weight is 280 g/mol. The smallest absolute Gasteiger partial charge is 0.129 e. The van der Waals surface area contributed by atoms with Crippen molar-refractivity contribution in [1.82, 2.24) is 25.5 Å². The van der Waals surface area contributed by atoms with Crippen LogP contribution in [0.1, 0.15) is 0 Å². The second-order valence-corrected chi connectivity index (χ2v) is 5.11. The monoisotopic (exact) mass is 280 g/mol. The van der Waals surface area contributed by atoms with E-state index >= 15 is 0 Å². The van der Waals surface area contributed by atoms with Gasteiger partial charge in [0.25, 0.3) is 0 Å². The number of piperazine rings is 1. The lowest BCUT2D eigenvalue weighted by atomic mass is 10.2. The predicted octanol–water partition coefficient (Wildman–Crippen LogP) is 1.43. The number of H-pyrrole nitrogens is 1. The van der Waals surface area contributed by atoms with E-state index in [0.29, 0.717) is 0 Å². The Morgan fingerprint density at radius 1 is 1.10 bits per heavy atom. The normalized spacial score (nSPS) is 15.5. The highest BCUT2D eigenvalue weighted by Gasteiger charge is 2.14. The Bertz CT molecular complexity index is 759. The Balaban J connectivity index is 1.75. The molecule has 1 aliphatic heterocycles. The van der Waals surface area contributed by atoms with Gasteiger partial charge in [0.05, 0.1) is 11.2 Å². The molecule has 21 heavy (non-hydrogen) atoms. The van der Waals surface area contributed by atoms with Crippen molar-refractivity contribution in [2.75, 3.05) is 31.1 Å². The van der Waals surface area contributed by atoms with Crippen molar-refractivity contribution in [3.63, 3.8) is 0 Å². The molecule has 0 bridgehead atoms. The van der Waals surface area contributed by atoms with Gasteiger partial charge in [0, 0.05) is 44.0 Å². The van der Waals surface area contributed by atoms with Gasteiger partial charge in [0.2, 0.25) is 0 Å². The number of hydrogen-bond donors (Lipinski definition) is 2. The van der Waals surface area contributed by atoms with Crippen LogP contribution in [0.3, 0.4) is 0 Å². The van der Waals surface area contributed by atoms with Gasteiger partial charge in [0.1, 0.15) is 11.5 Å². The summed E-state index contributed by atoms with van der Waals surface area (Å²) in [6, 6.07) is 8.01. The van der Waals surface area contributed by atoms with Crippen molar-refractivity contribution >= 4 is 16.7 Å². The zero-order chi connectivity index (χ0) is 14.1. The number of nitrogens with zero attached hydrogens (tertiary/aromatic N) is 4. The second-order valence-electron chi connectivity index (χ2n) is 5.11. The van der Waals surface area contributed by atoms with Gasteiger partial charge in [-0.2, -0.15) is 5.10 Å². The van der Waals surface area contributed by atoms with Crippen LogP contribution in [0.4, 0.5) is 5.82 Å². The van der Waals surface area contributed by atoms with E-state index in [2.05, 4.69) is 31.5 Å². The van der Waals surface area contributed by atoms with Crippen LogP contribution < -0.4 is 10.2 Å². The van der Waals surface area contributed by atoms with Crippen LogP contribution in [0.15, 0.2) is 36.7 Å². The zero-order valence-electron chi connectivity index (χ0n) is 11.6. The standard InChI is InChI=1S/C15H16N6/c1-2-13(15-11-10-17-5-4-12(11)19-20-15)18-14(3-1)21-8-6-16-7-9-21/h1-5,10,16H,6-9H2,(H,19,20). The van der Waals surface area contributed by atoms with E-state index in [0.717, 1.165) is 54.3 Å². The van der Waals surface area contributed by atoms with Crippen molar-refractivity contribution in [3.05, 3.63) is 36.7 Å². The maximum Gasteiger partial charge on any atom is 0.129 e. The maximum absolute atomic E-state index is 4.78. The highest BCUT2D eigenvalue weighted by atomic mass is 15.2. The predicted molar refractivity (Wildman–Crippen MR) is 82.2 cm³/mol.